The number of rotatable bonds is 8. The van der Waals surface area contributed by atoms with Crippen molar-refractivity contribution < 1.29 is 23.9 Å². The maximum Gasteiger partial charge on any atom is 0.316 e. The number of ether oxygens (including phenoxy) is 2. The Morgan fingerprint density at radius 1 is 1.00 bits per heavy atom. The molecular formula is C16H18Cl2O5. The number of ketones is 1. The second kappa shape index (κ2) is 9.53. The zero-order valence-electron chi connectivity index (χ0n) is 12.9. The Morgan fingerprint density at radius 3 is 2.09 bits per heavy atom. The van der Waals surface area contributed by atoms with Gasteiger partial charge in [0.2, 0.25) is 0 Å². The van der Waals surface area contributed by atoms with Crippen molar-refractivity contribution in [3.8, 4) is 0 Å². The topological polar surface area (TPSA) is 69.7 Å². The van der Waals surface area contributed by atoms with E-state index in [1.807, 2.05) is 0 Å². The molecule has 7 heteroatoms. The van der Waals surface area contributed by atoms with Crippen LogP contribution in [0.15, 0.2) is 18.2 Å². The van der Waals surface area contributed by atoms with Gasteiger partial charge in [0.1, 0.15) is 5.92 Å². The highest BCUT2D eigenvalue weighted by atomic mass is 35.5. The van der Waals surface area contributed by atoms with Gasteiger partial charge in [-0.1, -0.05) is 23.2 Å². The van der Waals surface area contributed by atoms with Crippen molar-refractivity contribution in [1.82, 2.24) is 0 Å². The Morgan fingerprint density at radius 2 is 1.57 bits per heavy atom. The summed E-state index contributed by atoms with van der Waals surface area (Å²) in [6.07, 6.45) is -0.0575. The molecule has 23 heavy (non-hydrogen) atoms. The average molecular weight is 361 g/mol. The summed E-state index contributed by atoms with van der Waals surface area (Å²) in [7, 11) is 0. The van der Waals surface area contributed by atoms with E-state index < -0.39 is 23.6 Å². The third kappa shape index (κ3) is 6.20. The van der Waals surface area contributed by atoms with E-state index in [9.17, 15) is 14.4 Å². The molecule has 1 rings (SSSR count). The first-order valence-corrected chi connectivity index (χ1v) is 7.97. The fourth-order valence-corrected chi connectivity index (χ4v) is 2.52. The number of halogens is 2. The van der Waals surface area contributed by atoms with E-state index in [1.165, 1.54) is 18.2 Å². The molecule has 0 aromatic heterocycles. The summed E-state index contributed by atoms with van der Waals surface area (Å²) in [5, 5.41) is 0.572. The van der Waals surface area contributed by atoms with Crippen LogP contribution >= 0.6 is 23.2 Å². The lowest BCUT2D eigenvalue weighted by molar-refractivity contribution is -0.147. The molecule has 1 unspecified atom stereocenters. The van der Waals surface area contributed by atoms with Gasteiger partial charge in [-0.3, -0.25) is 14.4 Å². The Labute approximate surface area is 144 Å². The van der Waals surface area contributed by atoms with Gasteiger partial charge in [0.05, 0.1) is 13.2 Å². The quantitative estimate of drug-likeness (QED) is 0.401. The smallest absolute Gasteiger partial charge is 0.316 e. The molecule has 1 aromatic carbocycles. The summed E-state index contributed by atoms with van der Waals surface area (Å²) in [5.41, 5.74) is 0.199. The molecule has 126 valence electrons. The Kier molecular flexibility index (Phi) is 8.06. The number of hydrogen-bond acceptors (Lipinski definition) is 5. The Bertz CT molecular complexity index is 566. The lowest BCUT2D eigenvalue weighted by Crippen LogP contribution is -2.27. The van der Waals surface area contributed by atoms with Crippen LogP contribution in [0, 0.1) is 5.92 Å². The normalized spacial score (nSPS) is 11.7. The lowest BCUT2D eigenvalue weighted by atomic mass is 9.93. The van der Waals surface area contributed by atoms with E-state index >= 15 is 0 Å². The van der Waals surface area contributed by atoms with E-state index in [-0.39, 0.29) is 41.7 Å². The van der Waals surface area contributed by atoms with Crippen molar-refractivity contribution in [3.63, 3.8) is 0 Å². The van der Waals surface area contributed by atoms with Crippen LogP contribution in [0.3, 0.4) is 0 Å². The van der Waals surface area contributed by atoms with Crippen molar-refractivity contribution in [2.24, 2.45) is 5.92 Å². The molecule has 0 amide bonds. The van der Waals surface area contributed by atoms with Gasteiger partial charge >= 0.3 is 11.9 Å². The predicted molar refractivity (Wildman–Crippen MR) is 86.8 cm³/mol. The molecule has 5 nitrogen and oxygen atoms in total. The van der Waals surface area contributed by atoms with Crippen LogP contribution in [-0.2, 0) is 19.1 Å². The summed E-state index contributed by atoms with van der Waals surface area (Å²) < 4.78 is 9.73. The largest absolute Gasteiger partial charge is 0.466 e. The van der Waals surface area contributed by atoms with E-state index in [4.69, 9.17) is 32.7 Å². The molecule has 0 spiro atoms. The number of esters is 2. The maximum absolute atomic E-state index is 12.6. The van der Waals surface area contributed by atoms with Crippen LogP contribution in [0.5, 0.6) is 0 Å². The van der Waals surface area contributed by atoms with E-state index in [0.717, 1.165) is 0 Å². The molecule has 0 aliphatic rings. The highest BCUT2D eigenvalue weighted by Gasteiger charge is 2.30. The van der Waals surface area contributed by atoms with Crippen LogP contribution in [0.1, 0.15) is 37.0 Å². The molecule has 0 aliphatic carbocycles. The molecule has 0 bridgehead atoms. The minimum atomic E-state index is -1.10. The predicted octanol–water partition coefficient (Wildman–Crippen LogP) is 3.70. The summed E-state index contributed by atoms with van der Waals surface area (Å²) in [6.45, 7) is 3.69. The van der Waals surface area contributed by atoms with Crippen LogP contribution in [-0.4, -0.2) is 30.9 Å². The van der Waals surface area contributed by atoms with Crippen LogP contribution < -0.4 is 0 Å². The monoisotopic (exact) mass is 360 g/mol. The van der Waals surface area contributed by atoms with Gasteiger partial charge in [-0.25, -0.2) is 0 Å². The molecular weight excluding hydrogens is 343 g/mol. The van der Waals surface area contributed by atoms with Crippen molar-refractivity contribution in [2.45, 2.75) is 26.7 Å². The third-order valence-electron chi connectivity index (χ3n) is 2.98. The van der Waals surface area contributed by atoms with Crippen molar-refractivity contribution in [1.29, 1.82) is 0 Å². The number of benzene rings is 1. The second-order valence-electron chi connectivity index (χ2n) is 4.67. The minimum absolute atomic E-state index is 0.000627. The number of hydrogen-bond donors (Lipinski definition) is 0. The summed E-state index contributed by atoms with van der Waals surface area (Å²) in [5.74, 6) is -2.75. The van der Waals surface area contributed by atoms with Gasteiger partial charge < -0.3 is 9.47 Å². The Hall–Kier alpha value is -1.59. The number of carbonyl (C=O) groups excluding carboxylic acids is 3. The van der Waals surface area contributed by atoms with Gasteiger partial charge in [0.15, 0.2) is 5.78 Å². The second-order valence-corrected chi connectivity index (χ2v) is 5.54. The minimum Gasteiger partial charge on any atom is -0.466 e. The van der Waals surface area contributed by atoms with E-state index in [2.05, 4.69) is 0 Å². The molecule has 0 radical (unpaired) electrons. The average Bonchev–Trinajstić information content (AvgIpc) is 2.46. The number of carbonyl (C=O) groups is 3. The van der Waals surface area contributed by atoms with E-state index in [0.29, 0.717) is 0 Å². The van der Waals surface area contributed by atoms with Crippen LogP contribution in [0.2, 0.25) is 10.0 Å². The summed E-state index contributed by atoms with van der Waals surface area (Å²) >= 11 is 11.8. The first kappa shape index (κ1) is 19.5. The molecule has 0 saturated heterocycles. The van der Waals surface area contributed by atoms with Crippen LogP contribution in [0.4, 0.5) is 0 Å². The van der Waals surface area contributed by atoms with Gasteiger partial charge in [0, 0.05) is 22.0 Å². The fourth-order valence-electron chi connectivity index (χ4n) is 1.99. The van der Waals surface area contributed by atoms with Crippen molar-refractivity contribution in [3.05, 3.63) is 33.8 Å². The molecule has 0 heterocycles. The van der Waals surface area contributed by atoms with Gasteiger partial charge in [0.25, 0.3) is 0 Å². The molecule has 0 N–H and O–H groups in total. The fraction of sp³-hybridized carbons (Fsp3) is 0.438. The van der Waals surface area contributed by atoms with Gasteiger partial charge in [-0.05, 0) is 38.5 Å². The highest BCUT2D eigenvalue weighted by molar-refractivity contribution is 6.35. The maximum atomic E-state index is 12.6. The van der Waals surface area contributed by atoms with Crippen LogP contribution in [0.25, 0.3) is 0 Å². The standard InChI is InChI=1S/C16H18Cl2O5/c1-3-22-14(19)6-5-13(16(21)23-4-2)15(20)10-7-11(17)9-12(18)8-10/h7-9,13H,3-6H2,1-2H3. The summed E-state index contributed by atoms with van der Waals surface area (Å²) in [4.78, 5) is 36.1. The first-order chi connectivity index (χ1) is 10.9. The Balaban J connectivity index is 2.95. The third-order valence-corrected chi connectivity index (χ3v) is 3.41. The molecule has 1 aromatic rings. The lowest BCUT2D eigenvalue weighted by Gasteiger charge is -2.14. The highest BCUT2D eigenvalue weighted by Crippen LogP contribution is 2.23. The van der Waals surface area contributed by atoms with Gasteiger partial charge in [-0.2, -0.15) is 0 Å². The van der Waals surface area contributed by atoms with E-state index in [1.54, 1.807) is 13.8 Å². The SMILES string of the molecule is CCOC(=O)CCC(C(=O)OCC)C(=O)c1cc(Cl)cc(Cl)c1. The molecule has 0 saturated carbocycles. The zero-order valence-corrected chi connectivity index (χ0v) is 14.4. The van der Waals surface area contributed by atoms with Crippen molar-refractivity contribution >= 4 is 40.9 Å². The zero-order chi connectivity index (χ0) is 17.4. The molecule has 0 aliphatic heterocycles. The van der Waals surface area contributed by atoms with Crippen molar-refractivity contribution in [2.75, 3.05) is 13.2 Å². The summed E-state index contributed by atoms with van der Waals surface area (Å²) in [6, 6.07) is 4.33. The molecule has 0 fully saturated rings. The molecule has 1 atom stereocenters. The number of Topliss-reactive ketones (excluding diaryl/α,β-unsaturated/α-hetero) is 1. The first-order valence-electron chi connectivity index (χ1n) is 7.21. The van der Waals surface area contributed by atoms with Gasteiger partial charge in [-0.15, -0.1) is 0 Å².